The maximum Gasteiger partial charge on any atom is 0.326 e. The molecule has 1 aromatic heterocycles. The van der Waals surface area contributed by atoms with E-state index in [0.29, 0.717) is 11.4 Å². The number of guanidine groups is 1. The molecule has 3 rings (SSSR count). The number of carboxylic acid groups (broad SMARTS) is 1. The molecule has 0 aliphatic heterocycles. The summed E-state index contributed by atoms with van der Waals surface area (Å²) in [4.78, 5) is 57.5. The second kappa shape index (κ2) is 11.6. The van der Waals surface area contributed by atoms with Crippen LogP contribution in [0.1, 0.15) is 32.1 Å². The molecule has 1 heterocycles. The first-order valence-electron chi connectivity index (χ1n) is 10.5. The Morgan fingerprint density at radius 1 is 1.00 bits per heavy atom. The number of para-hydroxylation sites is 1. The molecule has 8 N–H and O–H groups in total. The van der Waals surface area contributed by atoms with Gasteiger partial charge in [0.25, 0.3) is 11.8 Å². The SMILES string of the molecule is Cc1nc(N=C(N)N)sc1C(=O)Nc1cccc(C(=O)N[C@@H](CC(=O)Nc2ccccc2)C(=O)O)c1. The average Bonchev–Trinajstić information content (AvgIpc) is 3.18. The second-order valence-corrected chi connectivity index (χ2v) is 8.44. The molecule has 0 unspecified atom stereocenters. The van der Waals surface area contributed by atoms with Gasteiger partial charge >= 0.3 is 5.97 Å². The van der Waals surface area contributed by atoms with Gasteiger partial charge in [0.15, 0.2) is 5.96 Å². The first kappa shape index (κ1) is 25.8. The standard InChI is InChI=1S/C23H23N7O5S/c1-12-18(36-23(26-12)30-22(24)25)20(33)28-15-9-5-6-13(10-15)19(32)29-16(21(34)35)11-17(31)27-14-7-3-2-4-8-14/h2-10,16H,11H2,1H3,(H,27,31)(H,28,33)(H,29,32)(H,34,35)(H4,24,25,26,30)/t16-/m0/s1. The van der Waals surface area contributed by atoms with Crippen molar-refractivity contribution in [2.75, 3.05) is 10.6 Å². The zero-order chi connectivity index (χ0) is 26.2. The normalized spacial score (nSPS) is 11.1. The monoisotopic (exact) mass is 509 g/mol. The highest BCUT2D eigenvalue weighted by molar-refractivity contribution is 7.17. The summed E-state index contributed by atoms with van der Waals surface area (Å²) in [7, 11) is 0. The topological polar surface area (TPSA) is 202 Å². The highest BCUT2D eigenvalue weighted by Crippen LogP contribution is 2.26. The van der Waals surface area contributed by atoms with Gasteiger partial charge in [-0.1, -0.05) is 35.6 Å². The zero-order valence-electron chi connectivity index (χ0n) is 19.0. The van der Waals surface area contributed by atoms with Crippen molar-refractivity contribution in [1.82, 2.24) is 10.3 Å². The number of amides is 3. The summed E-state index contributed by atoms with van der Waals surface area (Å²) in [5.74, 6) is -3.34. The molecule has 0 saturated carbocycles. The lowest BCUT2D eigenvalue weighted by Gasteiger charge is -2.15. The molecule has 0 radical (unpaired) electrons. The molecule has 0 spiro atoms. The van der Waals surface area contributed by atoms with E-state index in [-0.39, 0.29) is 27.2 Å². The lowest BCUT2D eigenvalue weighted by atomic mass is 10.1. The molecule has 0 fully saturated rings. The molecular formula is C23H23N7O5S. The number of aryl methyl sites for hydroxylation is 1. The van der Waals surface area contributed by atoms with Crippen molar-refractivity contribution < 1.29 is 24.3 Å². The quantitative estimate of drug-likeness (QED) is 0.185. The van der Waals surface area contributed by atoms with E-state index < -0.39 is 36.2 Å². The van der Waals surface area contributed by atoms with E-state index in [2.05, 4.69) is 25.9 Å². The highest BCUT2D eigenvalue weighted by atomic mass is 32.1. The third-order valence-electron chi connectivity index (χ3n) is 4.65. The Bertz CT molecular complexity index is 1320. The molecule has 0 bridgehead atoms. The predicted molar refractivity (Wildman–Crippen MR) is 135 cm³/mol. The number of carbonyl (C=O) groups excluding carboxylic acids is 3. The van der Waals surface area contributed by atoms with Crippen LogP contribution in [0.15, 0.2) is 59.6 Å². The number of hydrogen-bond acceptors (Lipinski definition) is 7. The first-order chi connectivity index (χ1) is 17.1. The number of aliphatic imine (C=N–C) groups is 1. The number of thiazole rings is 1. The highest BCUT2D eigenvalue weighted by Gasteiger charge is 2.24. The summed E-state index contributed by atoms with van der Waals surface area (Å²) >= 11 is 0.990. The van der Waals surface area contributed by atoms with Crippen LogP contribution in [0.2, 0.25) is 0 Å². The number of nitrogens with two attached hydrogens (primary N) is 2. The van der Waals surface area contributed by atoms with E-state index in [4.69, 9.17) is 11.5 Å². The molecule has 186 valence electrons. The molecule has 0 saturated heterocycles. The van der Waals surface area contributed by atoms with Gasteiger partial charge < -0.3 is 32.5 Å². The van der Waals surface area contributed by atoms with E-state index in [1.54, 1.807) is 43.3 Å². The smallest absolute Gasteiger partial charge is 0.326 e. The summed E-state index contributed by atoms with van der Waals surface area (Å²) in [6.07, 6.45) is -0.477. The number of anilines is 2. The molecule has 3 amide bonds. The van der Waals surface area contributed by atoms with Gasteiger partial charge in [-0.25, -0.2) is 9.78 Å². The third-order valence-corrected chi connectivity index (χ3v) is 5.70. The summed E-state index contributed by atoms with van der Waals surface area (Å²) in [5.41, 5.74) is 12.0. The molecule has 1 atom stereocenters. The Morgan fingerprint density at radius 3 is 2.36 bits per heavy atom. The van der Waals surface area contributed by atoms with E-state index in [0.717, 1.165) is 11.3 Å². The Hall–Kier alpha value is -4.78. The predicted octanol–water partition coefficient (Wildman–Crippen LogP) is 1.82. The number of carbonyl (C=O) groups is 4. The minimum atomic E-state index is -1.46. The van der Waals surface area contributed by atoms with E-state index >= 15 is 0 Å². The molecule has 0 aliphatic rings. The van der Waals surface area contributed by atoms with Crippen molar-refractivity contribution in [3.8, 4) is 0 Å². The van der Waals surface area contributed by atoms with Crippen LogP contribution in [-0.2, 0) is 9.59 Å². The Morgan fingerprint density at radius 2 is 1.69 bits per heavy atom. The Kier molecular flexibility index (Phi) is 8.30. The van der Waals surface area contributed by atoms with Crippen LogP contribution < -0.4 is 27.4 Å². The molecule has 13 heteroatoms. The summed E-state index contributed by atoms with van der Waals surface area (Å²) in [5, 5.41) is 17.3. The van der Waals surface area contributed by atoms with Gasteiger partial charge in [-0.3, -0.25) is 14.4 Å². The Balaban J connectivity index is 1.66. The minimum absolute atomic E-state index is 0.0877. The van der Waals surface area contributed by atoms with Crippen LogP contribution in [0, 0.1) is 6.92 Å². The number of benzene rings is 2. The fraction of sp³-hybridized carbons (Fsp3) is 0.130. The number of rotatable bonds is 9. The number of carboxylic acids is 1. The van der Waals surface area contributed by atoms with Crippen molar-refractivity contribution in [3.05, 3.63) is 70.7 Å². The van der Waals surface area contributed by atoms with Crippen molar-refractivity contribution in [2.24, 2.45) is 16.5 Å². The van der Waals surface area contributed by atoms with Crippen molar-refractivity contribution >= 4 is 57.5 Å². The molecule has 0 aliphatic carbocycles. The van der Waals surface area contributed by atoms with E-state index in [1.165, 1.54) is 18.2 Å². The fourth-order valence-corrected chi connectivity index (χ4v) is 3.89. The fourth-order valence-electron chi connectivity index (χ4n) is 3.04. The van der Waals surface area contributed by atoms with Crippen LogP contribution in [0.3, 0.4) is 0 Å². The van der Waals surface area contributed by atoms with E-state index in [9.17, 15) is 24.3 Å². The van der Waals surface area contributed by atoms with Crippen molar-refractivity contribution in [1.29, 1.82) is 0 Å². The Labute approximate surface area is 209 Å². The van der Waals surface area contributed by atoms with Crippen LogP contribution in [0.25, 0.3) is 0 Å². The number of nitrogens with zero attached hydrogens (tertiary/aromatic N) is 2. The first-order valence-corrected chi connectivity index (χ1v) is 11.3. The lowest BCUT2D eigenvalue weighted by Crippen LogP contribution is -2.43. The van der Waals surface area contributed by atoms with Gasteiger partial charge in [-0.05, 0) is 37.3 Å². The average molecular weight is 510 g/mol. The van der Waals surface area contributed by atoms with Crippen LogP contribution >= 0.6 is 11.3 Å². The summed E-state index contributed by atoms with van der Waals surface area (Å²) in [6, 6.07) is 13.0. The number of aliphatic carboxylic acids is 1. The molecule has 12 nitrogen and oxygen atoms in total. The van der Waals surface area contributed by atoms with Crippen molar-refractivity contribution in [2.45, 2.75) is 19.4 Å². The number of aromatic nitrogens is 1. The number of nitrogens with one attached hydrogen (secondary N) is 3. The zero-order valence-corrected chi connectivity index (χ0v) is 19.8. The van der Waals surface area contributed by atoms with Gasteiger partial charge in [-0.15, -0.1) is 0 Å². The van der Waals surface area contributed by atoms with Gasteiger partial charge in [-0.2, -0.15) is 4.99 Å². The van der Waals surface area contributed by atoms with Crippen LogP contribution in [0.4, 0.5) is 16.5 Å². The van der Waals surface area contributed by atoms with Crippen LogP contribution in [0.5, 0.6) is 0 Å². The lowest BCUT2D eigenvalue weighted by molar-refractivity contribution is -0.140. The maximum atomic E-state index is 12.7. The van der Waals surface area contributed by atoms with Gasteiger partial charge in [0.2, 0.25) is 11.0 Å². The molecular weight excluding hydrogens is 486 g/mol. The van der Waals surface area contributed by atoms with Gasteiger partial charge in [0.1, 0.15) is 10.9 Å². The van der Waals surface area contributed by atoms with Gasteiger partial charge in [0, 0.05) is 16.9 Å². The summed E-state index contributed by atoms with van der Waals surface area (Å²) in [6.45, 7) is 1.63. The maximum absolute atomic E-state index is 12.7. The van der Waals surface area contributed by atoms with E-state index in [1.807, 2.05) is 0 Å². The van der Waals surface area contributed by atoms with Crippen molar-refractivity contribution in [3.63, 3.8) is 0 Å². The molecule has 3 aromatic rings. The third kappa shape index (κ3) is 7.11. The van der Waals surface area contributed by atoms with Crippen LogP contribution in [-0.4, -0.2) is 45.8 Å². The largest absolute Gasteiger partial charge is 0.480 e. The van der Waals surface area contributed by atoms with Gasteiger partial charge in [0.05, 0.1) is 12.1 Å². The molecule has 36 heavy (non-hydrogen) atoms. The number of hydrogen-bond donors (Lipinski definition) is 6. The summed E-state index contributed by atoms with van der Waals surface area (Å²) < 4.78 is 0. The molecule has 2 aromatic carbocycles. The second-order valence-electron chi connectivity index (χ2n) is 7.47. The minimum Gasteiger partial charge on any atom is -0.480 e.